The normalized spacial score (nSPS) is 11.7. The van der Waals surface area contributed by atoms with E-state index in [-0.39, 0.29) is 18.3 Å². The maximum Gasteiger partial charge on any atom is 0.315 e. The van der Waals surface area contributed by atoms with E-state index in [1.54, 1.807) is 6.92 Å². The van der Waals surface area contributed by atoms with Crippen LogP contribution in [0.3, 0.4) is 0 Å². The van der Waals surface area contributed by atoms with Crippen LogP contribution in [-0.2, 0) is 16.6 Å². The van der Waals surface area contributed by atoms with Crippen molar-refractivity contribution in [3.05, 3.63) is 5.89 Å². The van der Waals surface area contributed by atoms with E-state index in [0.717, 1.165) is 13.0 Å². The van der Waals surface area contributed by atoms with Gasteiger partial charge in [-0.3, -0.25) is 0 Å². The largest absolute Gasteiger partial charge is 0.407 e. The van der Waals surface area contributed by atoms with Crippen LogP contribution in [0.15, 0.2) is 4.42 Å². The quantitative estimate of drug-likeness (QED) is 0.517. The van der Waals surface area contributed by atoms with Gasteiger partial charge in [-0.05, 0) is 13.0 Å². The van der Waals surface area contributed by atoms with Gasteiger partial charge in [0.05, 0.1) is 12.3 Å². The molecule has 1 rings (SSSR count). The zero-order chi connectivity index (χ0) is 14.1. The van der Waals surface area contributed by atoms with Crippen molar-refractivity contribution in [2.24, 2.45) is 0 Å². The molecule has 19 heavy (non-hydrogen) atoms. The number of hydrogen-bond donors (Lipinski definition) is 3. The molecule has 1 aromatic rings. The molecule has 0 aliphatic rings. The van der Waals surface area contributed by atoms with Gasteiger partial charge in [-0.2, -0.15) is 0 Å². The molecule has 110 valence electrons. The van der Waals surface area contributed by atoms with Crippen LogP contribution in [0, 0.1) is 0 Å². The molecule has 1 heterocycles. The second kappa shape index (κ2) is 8.08. The second-order valence-electron chi connectivity index (χ2n) is 3.92. The molecule has 0 spiro atoms. The number of rotatable bonds is 10. The van der Waals surface area contributed by atoms with Gasteiger partial charge in [0.25, 0.3) is 0 Å². The summed E-state index contributed by atoms with van der Waals surface area (Å²) in [4.78, 5) is 0. The molecule has 0 saturated heterocycles. The summed E-state index contributed by atoms with van der Waals surface area (Å²) in [6.07, 6.45) is 1.03. The molecule has 0 aliphatic heterocycles. The average Bonchev–Trinajstić information content (AvgIpc) is 2.77. The van der Waals surface area contributed by atoms with Crippen molar-refractivity contribution in [3.63, 3.8) is 0 Å². The van der Waals surface area contributed by atoms with Crippen LogP contribution < -0.4 is 15.4 Å². The molecule has 8 nitrogen and oxygen atoms in total. The van der Waals surface area contributed by atoms with Crippen LogP contribution in [0.5, 0.6) is 0 Å². The topological polar surface area (TPSA) is 109 Å². The molecule has 0 radical (unpaired) electrons. The fourth-order valence-electron chi connectivity index (χ4n) is 1.35. The van der Waals surface area contributed by atoms with E-state index in [4.69, 9.17) is 4.42 Å². The maximum atomic E-state index is 11.4. The summed E-state index contributed by atoms with van der Waals surface area (Å²) in [6, 6.07) is 0.236. The van der Waals surface area contributed by atoms with Gasteiger partial charge < -0.3 is 15.1 Å². The number of hydrogen-bond acceptors (Lipinski definition) is 7. The standard InChI is InChI=1S/C10H21N5O3S/c1-3-5-11-8-9-14-15-10(18-9)12-6-7-19(16,17)13-4-2/h11,13H,3-8H2,1-2H3,(H,12,15). The Morgan fingerprint density at radius 3 is 2.68 bits per heavy atom. The highest BCUT2D eigenvalue weighted by Gasteiger charge is 2.09. The van der Waals surface area contributed by atoms with Crippen molar-refractivity contribution in [2.75, 3.05) is 30.7 Å². The molecule has 0 atom stereocenters. The Kier molecular flexibility index (Phi) is 6.74. The number of sulfonamides is 1. The summed E-state index contributed by atoms with van der Waals surface area (Å²) in [7, 11) is -3.23. The van der Waals surface area contributed by atoms with Crippen LogP contribution in [0.2, 0.25) is 0 Å². The van der Waals surface area contributed by atoms with Gasteiger partial charge in [-0.15, -0.1) is 5.10 Å². The zero-order valence-corrected chi connectivity index (χ0v) is 12.1. The maximum absolute atomic E-state index is 11.4. The van der Waals surface area contributed by atoms with Crippen molar-refractivity contribution in [1.82, 2.24) is 20.2 Å². The third kappa shape index (κ3) is 6.50. The lowest BCUT2D eigenvalue weighted by Crippen LogP contribution is -2.29. The summed E-state index contributed by atoms with van der Waals surface area (Å²) >= 11 is 0. The SMILES string of the molecule is CCCNCc1nnc(NCCS(=O)(=O)NCC)o1. The number of aromatic nitrogens is 2. The van der Waals surface area contributed by atoms with Crippen LogP contribution >= 0.6 is 0 Å². The molecule has 9 heteroatoms. The molecular weight excluding hydrogens is 270 g/mol. The fourth-order valence-corrected chi connectivity index (χ4v) is 2.31. The third-order valence-corrected chi connectivity index (χ3v) is 3.65. The van der Waals surface area contributed by atoms with Gasteiger partial charge in [0.1, 0.15) is 0 Å². The lowest BCUT2D eigenvalue weighted by molar-refractivity contribution is 0.477. The lowest BCUT2D eigenvalue weighted by Gasteiger charge is -2.03. The summed E-state index contributed by atoms with van der Waals surface area (Å²) in [6.45, 7) is 5.80. The Morgan fingerprint density at radius 2 is 2.00 bits per heavy atom. The van der Waals surface area contributed by atoms with E-state index in [1.165, 1.54) is 0 Å². The molecule has 0 aromatic carbocycles. The first-order chi connectivity index (χ1) is 9.07. The first kappa shape index (κ1) is 15.9. The van der Waals surface area contributed by atoms with Gasteiger partial charge in [0.2, 0.25) is 15.9 Å². The summed E-state index contributed by atoms with van der Waals surface area (Å²) < 4.78 is 30.4. The van der Waals surface area contributed by atoms with Crippen molar-refractivity contribution >= 4 is 16.0 Å². The number of nitrogens with zero attached hydrogens (tertiary/aromatic N) is 2. The van der Waals surface area contributed by atoms with Gasteiger partial charge in [-0.1, -0.05) is 18.9 Å². The van der Waals surface area contributed by atoms with Gasteiger partial charge in [-0.25, -0.2) is 13.1 Å². The van der Waals surface area contributed by atoms with Crippen molar-refractivity contribution in [2.45, 2.75) is 26.8 Å². The molecule has 3 N–H and O–H groups in total. The van der Waals surface area contributed by atoms with Crippen LogP contribution in [0.4, 0.5) is 6.01 Å². The Morgan fingerprint density at radius 1 is 1.21 bits per heavy atom. The van der Waals surface area contributed by atoms with E-state index < -0.39 is 10.0 Å². The van der Waals surface area contributed by atoms with Crippen molar-refractivity contribution in [3.8, 4) is 0 Å². The molecule has 0 saturated carbocycles. The predicted molar refractivity (Wildman–Crippen MR) is 72.2 cm³/mol. The highest BCUT2D eigenvalue weighted by molar-refractivity contribution is 7.89. The smallest absolute Gasteiger partial charge is 0.315 e. The van der Waals surface area contributed by atoms with Gasteiger partial charge >= 0.3 is 6.01 Å². The number of nitrogens with one attached hydrogen (secondary N) is 3. The highest BCUT2D eigenvalue weighted by Crippen LogP contribution is 2.04. The molecule has 0 unspecified atom stereocenters. The highest BCUT2D eigenvalue weighted by atomic mass is 32.2. The number of anilines is 1. The molecule has 0 bridgehead atoms. The zero-order valence-electron chi connectivity index (χ0n) is 11.3. The van der Waals surface area contributed by atoms with Crippen LogP contribution in [0.25, 0.3) is 0 Å². The molecule has 0 amide bonds. The second-order valence-corrected chi connectivity index (χ2v) is 5.85. The van der Waals surface area contributed by atoms with Crippen molar-refractivity contribution < 1.29 is 12.8 Å². The van der Waals surface area contributed by atoms with Gasteiger partial charge in [0, 0.05) is 13.1 Å². The average molecular weight is 291 g/mol. The van der Waals surface area contributed by atoms with Crippen LogP contribution in [0.1, 0.15) is 26.2 Å². The molecular formula is C10H21N5O3S. The Bertz CT molecular complexity index is 459. The minimum Gasteiger partial charge on any atom is -0.407 e. The summed E-state index contributed by atoms with van der Waals surface area (Å²) in [5.41, 5.74) is 0. The third-order valence-electron chi connectivity index (χ3n) is 2.18. The lowest BCUT2D eigenvalue weighted by atomic mass is 10.5. The summed E-state index contributed by atoms with van der Waals surface area (Å²) in [5.74, 6) is 0.442. The fraction of sp³-hybridized carbons (Fsp3) is 0.800. The Balaban J connectivity index is 2.30. The van der Waals surface area contributed by atoms with E-state index in [0.29, 0.717) is 19.0 Å². The first-order valence-electron chi connectivity index (χ1n) is 6.31. The van der Waals surface area contributed by atoms with E-state index in [9.17, 15) is 8.42 Å². The van der Waals surface area contributed by atoms with Gasteiger partial charge in [0.15, 0.2) is 0 Å². The van der Waals surface area contributed by atoms with E-state index in [2.05, 4.69) is 32.5 Å². The van der Waals surface area contributed by atoms with Crippen LogP contribution in [-0.4, -0.2) is 44.0 Å². The minimum atomic E-state index is -3.23. The first-order valence-corrected chi connectivity index (χ1v) is 7.97. The molecule has 0 aliphatic carbocycles. The predicted octanol–water partition coefficient (Wildman–Crippen LogP) is -0.0796. The monoisotopic (exact) mass is 291 g/mol. The van der Waals surface area contributed by atoms with E-state index in [1.807, 2.05) is 0 Å². The summed E-state index contributed by atoms with van der Waals surface area (Å²) in [5, 5.41) is 13.5. The van der Waals surface area contributed by atoms with Crippen molar-refractivity contribution in [1.29, 1.82) is 0 Å². The minimum absolute atomic E-state index is 0.0351. The molecule has 1 aromatic heterocycles. The Hall–Kier alpha value is -1.19. The Labute approximate surface area is 113 Å². The molecule has 0 fully saturated rings. The van der Waals surface area contributed by atoms with E-state index >= 15 is 0 Å².